The molecule has 0 bridgehead atoms. The molecule has 4 aromatic rings. The molecule has 43 heavy (non-hydrogen) atoms. The predicted molar refractivity (Wildman–Crippen MR) is 154 cm³/mol. The number of nitrogens with one attached hydrogen (secondary N) is 2. The van der Waals surface area contributed by atoms with Gasteiger partial charge in [0.05, 0.1) is 24.1 Å². The number of piperidine rings is 1. The number of aryl methyl sites for hydroxylation is 1. The second-order valence-electron chi connectivity index (χ2n) is 11.3. The summed E-state index contributed by atoms with van der Waals surface area (Å²) in [5.41, 5.74) is 2.69. The molecule has 1 saturated carbocycles. The van der Waals surface area contributed by atoms with E-state index in [9.17, 15) is 22.4 Å². The third kappa shape index (κ3) is 4.82. The molecule has 2 fully saturated rings. The van der Waals surface area contributed by atoms with Crippen molar-refractivity contribution in [3.05, 3.63) is 82.9 Å². The van der Waals surface area contributed by atoms with E-state index in [2.05, 4.69) is 32.3 Å². The van der Waals surface area contributed by atoms with Crippen LogP contribution >= 0.6 is 0 Å². The Morgan fingerprint density at radius 1 is 1.09 bits per heavy atom. The molecule has 1 spiro atoms. The molecule has 7 rings (SSSR count). The summed E-state index contributed by atoms with van der Waals surface area (Å²) >= 11 is 0. The molecule has 13 heteroatoms. The number of nitrogens with zero attached hydrogens (tertiary/aromatic N) is 4. The van der Waals surface area contributed by atoms with Gasteiger partial charge in [0.1, 0.15) is 17.2 Å². The zero-order chi connectivity index (χ0) is 29.9. The van der Waals surface area contributed by atoms with Crippen molar-refractivity contribution in [2.24, 2.45) is 5.92 Å². The van der Waals surface area contributed by atoms with Crippen LogP contribution in [0.4, 0.5) is 15.9 Å². The highest BCUT2D eigenvalue weighted by Crippen LogP contribution is 2.44. The quantitative estimate of drug-likeness (QED) is 0.340. The highest BCUT2D eigenvalue weighted by Gasteiger charge is 2.43. The van der Waals surface area contributed by atoms with E-state index < -0.39 is 27.3 Å². The fourth-order valence-corrected chi connectivity index (χ4v) is 7.00. The smallest absolute Gasteiger partial charge is 0.269 e. The highest BCUT2D eigenvalue weighted by molar-refractivity contribution is 7.90. The summed E-state index contributed by atoms with van der Waals surface area (Å²) in [6.07, 6.45) is 4.80. The van der Waals surface area contributed by atoms with Gasteiger partial charge in [-0.1, -0.05) is 30.3 Å². The van der Waals surface area contributed by atoms with Crippen molar-refractivity contribution in [3.63, 3.8) is 0 Å². The number of hydrogen-bond acceptors (Lipinski definition) is 8. The summed E-state index contributed by atoms with van der Waals surface area (Å²) in [7, 11) is -4.30. The van der Waals surface area contributed by atoms with Gasteiger partial charge in [0.15, 0.2) is 10.5 Å². The minimum atomic E-state index is -4.30. The maximum absolute atomic E-state index is 14.9. The van der Waals surface area contributed by atoms with E-state index in [4.69, 9.17) is 4.74 Å². The Labute approximate surface area is 247 Å². The van der Waals surface area contributed by atoms with E-state index in [1.165, 1.54) is 12.3 Å². The summed E-state index contributed by atoms with van der Waals surface area (Å²) in [6, 6.07) is 12.6. The van der Waals surface area contributed by atoms with Crippen molar-refractivity contribution in [2.75, 3.05) is 18.4 Å². The third-order valence-corrected chi connectivity index (χ3v) is 9.78. The van der Waals surface area contributed by atoms with E-state index in [0.717, 1.165) is 27.4 Å². The number of anilines is 2. The Kier molecular flexibility index (Phi) is 6.47. The minimum absolute atomic E-state index is 0.0530. The molecular weight excluding hydrogens is 575 g/mol. The van der Waals surface area contributed by atoms with Crippen LogP contribution in [0.3, 0.4) is 0 Å². The van der Waals surface area contributed by atoms with Crippen LogP contribution in [0.2, 0.25) is 0 Å². The fraction of sp³-hybridized carbons (Fsp3) is 0.333. The van der Waals surface area contributed by atoms with Crippen LogP contribution in [0.15, 0.2) is 59.8 Å². The van der Waals surface area contributed by atoms with Crippen LogP contribution in [0, 0.1) is 18.7 Å². The highest BCUT2D eigenvalue weighted by atomic mass is 32.2. The Morgan fingerprint density at radius 3 is 2.63 bits per heavy atom. The lowest BCUT2D eigenvalue weighted by molar-refractivity contribution is -0.120. The van der Waals surface area contributed by atoms with Crippen LogP contribution < -0.4 is 10.0 Å². The minimum Gasteiger partial charge on any atom is -0.365 e. The van der Waals surface area contributed by atoms with Gasteiger partial charge in [0, 0.05) is 25.2 Å². The lowest BCUT2D eigenvalue weighted by Gasteiger charge is -2.39. The number of likely N-dealkylation sites (tertiary alicyclic amines) is 1. The first-order valence-electron chi connectivity index (χ1n) is 14.1. The molecule has 1 aliphatic carbocycles. The van der Waals surface area contributed by atoms with Gasteiger partial charge in [-0.25, -0.2) is 22.5 Å². The molecule has 11 nitrogen and oxygen atoms in total. The van der Waals surface area contributed by atoms with Crippen molar-refractivity contribution in [3.8, 4) is 0 Å². The molecule has 1 saturated heterocycles. The average molecular weight is 605 g/mol. The maximum Gasteiger partial charge on any atom is 0.269 e. The molecule has 2 aliphatic heterocycles. The van der Waals surface area contributed by atoms with Gasteiger partial charge in [0.2, 0.25) is 5.91 Å². The van der Waals surface area contributed by atoms with Gasteiger partial charge in [-0.05, 0) is 61.4 Å². The summed E-state index contributed by atoms with van der Waals surface area (Å²) in [4.78, 5) is 31.9. The van der Waals surface area contributed by atoms with Gasteiger partial charge in [-0.2, -0.15) is 9.61 Å². The number of carbonyl (C=O) groups is 2. The number of fused-ring (bicyclic) bond motifs is 3. The van der Waals surface area contributed by atoms with Crippen molar-refractivity contribution in [2.45, 2.75) is 49.7 Å². The van der Waals surface area contributed by atoms with Crippen LogP contribution in [-0.2, 0) is 31.8 Å². The number of sulfonamides is 1. The summed E-state index contributed by atoms with van der Waals surface area (Å²) in [5, 5.41) is 7.19. The molecule has 2 N–H and O–H groups in total. The average Bonchev–Trinajstić information content (AvgIpc) is 3.67. The summed E-state index contributed by atoms with van der Waals surface area (Å²) in [5.74, 6) is -1.79. The van der Waals surface area contributed by atoms with Crippen LogP contribution in [-0.4, -0.2) is 52.8 Å². The molecule has 0 radical (unpaired) electrons. The lowest BCUT2D eigenvalue weighted by Crippen LogP contribution is -2.45. The number of hydrogen-bond donors (Lipinski definition) is 2. The molecular formula is C30H29FN6O5S. The molecule has 2 aromatic carbocycles. The number of aromatic nitrogens is 3. The number of halogens is 1. The number of amides is 2. The van der Waals surface area contributed by atoms with E-state index in [0.29, 0.717) is 45.4 Å². The van der Waals surface area contributed by atoms with Gasteiger partial charge in [0.25, 0.3) is 15.9 Å². The third-order valence-electron chi connectivity index (χ3n) is 8.44. The molecule has 3 aliphatic rings. The standard InChI is InChI=1S/C30H29FN6O5S/c1-18-6-9-23(31)24(14-18)34-26-21(15-32-27-25(16-33-37(26)27)43(40,41)35-28(38)19-7-8-19)29(39)36-12-10-30(11-13-36)22-5-3-2-4-20(22)17-42-30/h2-6,9,14-16,19,34H,7-8,10-13,17H2,1H3,(H,35,38). The fourth-order valence-electron chi connectivity index (χ4n) is 5.89. The zero-order valence-electron chi connectivity index (χ0n) is 23.3. The number of carbonyl (C=O) groups excluding carboxylic acids is 2. The monoisotopic (exact) mass is 604 g/mol. The number of rotatable bonds is 6. The Balaban J connectivity index is 1.24. The Bertz CT molecular complexity index is 1900. The lowest BCUT2D eigenvalue weighted by atomic mass is 9.83. The van der Waals surface area contributed by atoms with Gasteiger partial charge in [-0.3, -0.25) is 9.59 Å². The van der Waals surface area contributed by atoms with Crippen LogP contribution in [0.25, 0.3) is 5.65 Å². The summed E-state index contributed by atoms with van der Waals surface area (Å²) in [6.45, 7) is 3.16. The van der Waals surface area contributed by atoms with Crippen LogP contribution in [0.5, 0.6) is 0 Å². The summed E-state index contributed by atoms with van der Waals surface area (Å²) < 4.78 is 50.6. The second-order valence-corrected chi connectivity index (χ2v) is 13.0. The first kappa shape index (κ1) is 27.5. The van der Waals surface area contributed by atoms with Gasteiger partial charge >= 0.3 is 0 Å². The number of ether oxygens (including phenoxy) is 1. The van der Waals surface area contributed by atoms with Crippen molar-refractivity contribution in [1.82, 2.24) is 24.2 Å². The van der Waals surface area contributed by atoms with Crippen molar-refractivity contribution in [1.29, 1.82) is 0 Å². The van der Waals surface area contributed by atoms with Gasteiger partial charge < -0.3 is 15.0 Å². The largest absolute Gasteiger partial charge is 0.365 e. The maximum atomic E-state index is 14.9. The first-order valence-corrected chi connectivity index (χ1v) is 15.6. The van der Waals surface area contributed by atoms with E-state index in [1.807, 2.05) is 12.1 Å². The van der Waals surface area contributed by atoms with E-state index in [-0.39, 0.29) is 39.4 Å². The normalized spacial score (nSPS) is 17.7. The van der Waals surface area contributed by atoms with Crippen molar-refractivity contribution >= 4 is 39.0 Å². The van der Waals surface area contributed by atoms with Crippen LogP contribution in [0.1, 0.15) is 52.7 Å². The Morgan fingerprint density at radius 2 is 1.86 bits per heavy atom. The first-order chi connectivity index (χ1) is 20.6. The topological polar surface area (TPSA) is 135 Å². The SMILES string of the molecule is Cc1ccc(F)c(Nc2c(C(=O)N3CCC4(CC3)OCc3ccccc34)cnc3c(S(=O)(=O)NC(=O)C4CC4)cnn23)c1. The molecule has 2 aromatic heterocycles. The number of benzene rings is 2. The molecule has 0 atom stereocenters. The Hall–Kier alpha value is -4.36. The molecule has 0 unspecified atom stereocenters. The van der Waals surface area contributed by atoms with E-state index in [1.54, 1.807) is 24.0 Å². The van der Waals surface area contributed by atoms with E-state index >= 15 is 0 Å². The molecule has 2 amide bonds. The predicted octanol–water partition coefficient (Wildman–Crippen LogP) is 3.80. The molecule has 222 valence electrons. The second kappa shape index (κ2) is 10.1. The zero-order valence-corrected chi connectivity index (χ0v) is 24.2. The van der Waals surface area contributed by atoms with Crippen molar-refractivity contribution < 1.29 is 27.1 Å². The molecule has 4 heterocycles. The van der Waals surface area contributed by atoms with Gasteiger partial charge in [-0.15, -0.1) is 0 Å².